The van der Waals surface area contributed by atoms with Gasteiger partial charge < -0.3 is 15.2 Å². The number of nitrogens with one attached hydrogen (secondary N) is 2. The lowest BCUT2D eigenvalue weighted by molar-refractivity contribution is 0.0735. The summed E-state index contributed by atoms with van der Waals surface area (Å²) in [7, 11) is 0. The van der Waals surface area contributed by atoms with Crippen molar-refractivity contribution in [2.45, 2.75) is 6.92 Å². The van der Waals surface area contributed by atoms with Crippen molar-refractivity contribution in [1.82, 2.24) is 15.2 Å². The van der Waals surface area contributed by atoms with Crippen molar-refractivity contribution < 1.29 is 4.79 Å². The van der Waals surface area contributed by atoms with Crippen LogP contribution in [0.25, 0.3) is 0 Å². The summed E-state index contributed by atoms with van der Waals surface area (Å²) in [4.78, 5) is 16.9. The van der Waals surface area contributed by atoms with E-state index in [-0.39, 0.29) is 18.3 Å². The van der Waals surface area contributed by atoms with E-state index < -0.39 is 0 Å². The molecule has 0 bridgehead atoms. The largest absolute Gasteiger partial charge is 0.365 e. The molecule has 2 N–H and O–H groups in total. The van der Waals surface area contributed by atoms with Gasteiger partial charge in [-0.05, 0) is 13.0 Å². The summed E-state index contributed by atoms with van der Waals surface area (Å²) in [6.07, 6.45) is 1.81. The van der Waals surface area contributed by atoms with E-state index in [4.69, 9.17) is 0 Å². The summed E-state index contributed by atoms with van der Waals surface area (Å²) in [6, 6.07) is 1.85. The van der Waals surface area contributed by atoms with Crippen molar-refractivity contribution in [3.05, 3.63) is 23.5 Å². The molecule has 0 spiro atoms. The zero-order valence-electron chi connectivity index (χ0n) is 8.75. The van der Waals surface area contributed by atoms with Gasteiger partial charge in [0.2, 0.25) is 0 Å². The lowest BCUT2D eigenvalue weighted by atomic mass is 10.2. The first-order valence-corrected chi connectivity index (χ1v) is 4.93. The standard InChI is InChI=1S/C10H15N3O.ClH/c1-8-9(2-3-12-8)10(14)13-6-4-11-5-7-13;/h2-3,11-12H,4-7H2,1H3;1H. The van der Waals surface area contributed by atoms with Crippen molar-refractivity contribution in [2.75, 3.05) is 26.2 Å². The van der Waals surface area contributed by atoms with Crippen LogP contribution < -0.4 is 5.32 Å². The molecule has 4 nitrogen and oxygen atoms in total. The Morgan fingerprint density at radius 1 is 1.40 bits per heavy atom. The van der Waals surface area contributed by atoms with Crippen molar-refractivity contribution in [1.29, 1.82) is 0 Å². The molecule has 15 heavy (non-hydrogen) atoms. The fraction of sp³-hybridized carbons (Fsp3) is 0.500. The number of hydrogen-bond donors (Lipinski definition) is 2. The third kappa shape index (κ3) is 2.52. The van der Waals surface area contributed by atoms with Gasteiger partial charge in [-0.3, -0.25) is 4.79 Å². The molecule has 1 aliphatic heterocycles. The molecule has 84 valence electrons. The topological polar surface area (TPSA) is 48.1 Å². The van der Waals surface area contributed by atoms with Gasteiger partial charge in [0.05, 0.1) is 5.56 Å². The molecule has 0 aromatic carbocycles. The zero-order chi connectivity index (χ0) is 9.97. The van der Waals surface area contributed by atoms with Gasteiger partial charge in [-0.25, -0.2) is 0 Å². The zero-order valence-corrected chi connectivity index (χ0v) is 9.56. The molecule has 1 saturated heterocycles. The average Bonchev–Trinajstić information content (AvgIpc) is 2.65. The molecule has 1 amide bonds. The molecule has 2 heterocycles. The lowest BCUT2D eigenvalue weighted by Crippen LogP contribution is -2.46. The number of aryl methyl sites for hydroxylation is 1. The maximum Gasteiger partial charge on any atom is 0.255 e. The van der Waals surface area contributed by atoms with Crippen LogP contribution in [0.2, 0.25) is 0 Å². The number of carbonyl (C=O) groups excluding carboxylic acids is 1. The van der Waals surface area contributed by atoms with Gasteiger partial charge in [-0.15, -0.1) is 12.4 Å². The Balaban J connectivity index is 0.00000112. The predicted octanol–water partition coefficient (Wildman–Crippen LogP) is 0.790. The minimum atomic E-state index is 0. The molecule has 1 aliphatic rings. The Kier molecular flexibility index (Phi) is 4.17. The number of carbonyl (C=O) groups is 1. The highest BCUT2D eigenvalue weighted by atomic mass is 35.5. The first kappa shape index (κ1) is 12.1. The molecule has 0 aliphatic carbocycles. The fourth-order valence-corrected chi connectivity index (χ4v) is 1.72. The molecule has 5 heteroatoms. The number of H-pyrrole nitrogens is 1. The van der Waals surface area contributed by atoms with Crippen molar-refractivity contribution in [2.24, 2.45) is 0 Å². The van der Waals surface area contributed by atoms with Crippen LogP contribution >= 0.6 is 12.4 Å². The molecule has 2 rings (SSSR count). The Morgan fingerprint density at radius 2 is 2.07 bits per heavy atom. The molecular formula is C10H16ClN3O. The van der Waals surface area contributed by atoms with E-state index in [2.05, 4.69) is 10.3 Å². The predicted molar refractivity (Wildman–Crippen MR) is 61.6 cm³/mol. The highest BCUT2D eigenvalue weighted by Crippen LogP contribution is 2.09. The molecule has 1 fully saturated rings. The number of aromatic amines is 1. The second-order valence-electron chi connectivity index (χ2n) is 3.56. The van der Waals surface area contributed by atoms with Gasteiger partial charge >= 0.3 is 0 Å². The van der Waals surface area contributed by atoms with E-state index >= 15 is 0 Å². The number of halogens is 1. The Labute approximate surface area is 95.4 Å². The summed E-state index contributed by atoms with van der Waals surface area (Å²) >= 11 is 0. The van der Waals surface area contributed by atoms with E-state index in [1.807, 2.05) is 24.1 Å². The van der Waals surface area contributed by atoms with Crippen molar-refractivity contribution >= 4 is 18.3 Å². The first-order chi connectivity index (χ1) is 6.79. The summed E-state index contributed by atoms with van der Waals surface area (Å²) in [5.41, 5.74) is 1.75. The number of nitrogens with zero attached hydrogens (tertiary/aromatic N) is 1. The van der Waals surface area contributed by atoms with Gasteiger partial charge in [0.25, 0.3) is 5.91 Å². The fourth-order valence-electron chi connectivity index (χ4n) is 1.72. The minimum absolute atomic E-state index is 0. The number of aromatic nitrogens is 1. The SMILES string of the molecule is Cc1[nH]ccc1C(=O)N1CCNCC1.Cl. The highest BCUT2D eigenvalue weighted by Gasteiger charge is 2.19. The van der Waals surface area contributed by atoms with Crippen molar-refractivity contribution in [3.8, 4) is 0 Å². The van der Waals surface area contributed by atoms with Gasteiger partial charge in [0.15, 0.2) is 0 Å². The summed E-state index contributed by atoms with van der Waals surface area (Å²) in [5, 5.41) is 3.23. The van der Waals surface area contributed by atoms with Crippen LogP contribution in [0.5, 0.6) is 0 Å². The smallest absolute Gasteiger partial charge is 0.255 e. The molecule has 1 aromatic heterocycles. The average molecular weight is 230 g/mol. The van der Waals surface area contributed by atoms with Crippen LogP contribution in [0.15, 0.2) is 12.3 Å². The van der Waals surface area contributed by atoms with Crippen LogP contribution in [-0.2, 0) is 0 Å². The number of hydrogen-bond acceptors (Lipinski definition) is 2. The van der Waals surface area contributed by atoms with Gasteiger partial charge in [-0.1, -0.05) is 0 Å². The highest BCUT2D eigenvalue weighted by molar-refractivity contribution is 5.95. The maximum absolute atomic E-state index is 12.0. The lowest BCUT2D eigenvalue weighted by Gasteiger charge is -2.27. The van der Waals surface area contributed by atoms with Crippen LogP contribution in [-0.4, -0.2) is 42.0 Å². The quantitative estimate of drug-likeness (QED) is 0.748. The minimum Gasteiger partial charge on any atom is -0.365 e. The molecule has 0 saturated carbocycles. The van der Waals surface area contributed by atoms with Crippen molar-refractivity contribution in [3.63, 3.8) is 0 Å². The second-order valence-corrected chi connectivity index (χ2v) is 3.56. The van der Waals surface area contributed by atoms with Gasteiger partial charge in [0.1, 0.15) is 0 Å². The third-order valence-electron chi connectivity index (χ3n) is 2.59. The summed E-state index contributed by atoms with van der Waals surface area (Å²) < 4.78 is 0. The Hall–Kier alpha value is -1.00. The Morgan fingerprint density at radius 3 is 2.60 bits per heavy atom. The molecule has 0 unspecified atom stereocenters. The maximum atomic E-state index is 12.0. The van der Waals surface area contributed by atoms with Crippen LogP contribution in [0.4, 0.5) is 0 Å². The number of rotatable bonds is 1. The van der Waals surface area contributed by atoms with E-state index in [0.717, 1.165) is 37.4 Å². The monoisotopic (exact) mass is 229 g/mol. The normalized spacial score (nSPS) is 15.9. The van der Waals surface area contributed by atoms with E-state index in [1.165, 1.54) is 0 Å². The van der Waals surface area contributed by atoms with E-state index in [0.29, 0.717) is 0 Å². The van der Waals surface area contributed by atoms with Crippen LogP contribution in [0.1, 0.15) is 16.1 Å². The molecular weight excluding hydrogens is 214 g/mol. The van der Waals surface area contributed by atoms with Gasteiger partial charge in [-0.2, -0.15) is 0 Å². The number of amides is 1. The van der Waals surface area contributed by atoms with Crippen LogP contribution in [0.3, 0.4) is 0 Å². The summed E-state index contributed by atoms with van der Waals surface area (Å²) in [6.45, 7) is 5.34. The van der Waals surface area contributed by atoms with Crippen LogP contribution in [0, 0.1) is 6.92 Å². The third-order valence-corrected chi connectivity index (χ3v) is 2.59. The molecule has 1 aromatic rings. The molecule has 0 atom stereocenters. The van der Waals surface area contributed by atoms with Gasteiger partial charge in [0, 0.05) is 38.1 Å². The van der Waals surface area contributed by atoms with E-state index in [9.17, 15) is 4.79 Å². The first-order valence-electron chi connectivity index (χ1n) is 4.93. The molecule has 0 radical (unpaired) electrons. The second kappa shape index (κ2) is 5.19. The number of piperazine rings is 1. The summed E-state index contributed by atoms with van der Waals surface area (Å²) in [5.74, 6) is 0.144. The Bertz CT molecular complexity index is 331. The van der Waals surface area contributed by atoms with E-state index in [1.54, 1.807) is 0 Å².